The summed E-state index contributed by atoms with van der Waals surface area (Å²) >= 11 is 0. The zero-order chi connectivity index (χ0) is 13.7. The number of nitrogens with zero attached hydrogens (tertiary/aromatic N) is 1. The lowest BCUT2D eigenvalue weighted by Crippen LogP contribution is -2.46. The Kier molecular flexibility index (Phi) is 4.55. The molecule has 1 saturated heterocycles. The third-order valence-electron chi connectivity index (χ3n) is 3.59. The van der Waals surface area contributed by atoms with Gasteiger partial charge in [0.05, 0.1) is 0 Å². The van der Waals surface area contributed by atoms with Gasteiger partial charge in [-0.25, -0.2) is 0 Å². The Morgan fingerprint density at radius 1 is 1.32 bits per heavy atom. The SMILES string of the molecule is CC(=O)NC(=N)N1CCC(Cc2ccccc2)CC1. The minimum Gasteiger partial charge on any atom is -0.343 e. The number of carbonyl (C=O) groups is 1. The van der Waals surface area contributed by atoms with E-state index in [4.69, 9.17) is 5.41 Å². The molecule has 1 aromatic rings. The first-order valence-electron chi connectivity index (χ1n) is 6.80. The number of hydrogen-bond acceptors (Lipinski definition) is 2. The highest BCUT2D eigenvalue weighted by Gasteiger charge is 2.21. The van der Waals surface area contributed by atoms with Crippen molar-refractivity contribution in [1.82, 2.24) is 10.2 Å². The summed E-state index contributed by atoms with van der Waals surface area (Å²) in [5, 5.41) is 10.3. The maximum atomic E-state index is 10.9. The van der Waals surface area contributed by atoms with Gasteiger partial charge in [0.2, 0.25) is 5.91 Å². The maximum Gasteiger partial charge on any atom is 0.223 e. The molecule has 0 spiro atoms. The fraction of sp³-hybridized carbons (Fsp3) is 0.467. The molecule has 0 unspecified atom stereocenters. The van der Waals surface area contributed by atoms with Gasteiger partial charge in [0.25, 0.3) is 0 Å². The summed E-state index contributed by atoms with van der Waals surface area (Å²) in [5.74, 6) is 0.755. The summed E-state index contributed by atoms with van der Waals surface area (Å²) in [5.41, 5.74) is 1.39. The van der Waals surface area contributed by atoms with Crippen LogP contribution in [0, 0.1) is 11.3 Å². The van der Waals surface area contributed by atoms with E-state index in [-0.39, 0.29) is 11.9 Å². The average Bonchev–Trinajstić information content (AvgIpc) is 2.40. The van der Waals surface area contributed by atoms with Crippen molar-refractivity contribution in [3.05, 3.63) is 35.9 Å². The molecule has 2 rings (SSSR count). The van der Waals surface area contributed by atoms with Gasteiger partial charge in [0.1, 0.15) is 0 Å². The Hall–Kier alpha value is -1.84. The minimum absolute atomic E-state index is 0.170. The molecule has 102 valence electrons. The fourth-order valence-corrected chi connectivity index (χ4v) is 2.55. The molecule has 1 fully saturated rings. The zero-order valence-corrected chi connectivity index (χ0v) is 11.4. The molecule has 1 heterocycles. The molecule has 1 aliphatic heterocycles. The number of nitrogens with one attached hydrogen (secondary N) is 2. The molecule has 1 aromatic carbocycles. The molecule has 0 bridgehead atoms. The van der Waals surface area contributed by atoms with Crippen LogP contribution in [0.25, 0.3) is 0 Å². The van der Waals surface area contributed by atoms with E-state index in [1.165, 1.54) is 12.5 Å². The van der Waals surface area contributed by atoms with Gasteiger partial charge in [0.15, 0.2) is 5.96 Å². The van der Waals surface area contributed by atoms with Crippen molar-refractivity contribution in [2.24, 2.45) is 5.92 Å². The largest absolute Gasteiger partial charge is 0.343 e. The van der Waals surface area contributed by atoms with Crippen molar-refractivity contribution in [3.8, 4) is 0 Å². The summed E-state index contributed by atoms with van der Waals surface area (Å²) in [6.45, 7) is 3.16. The quantitative estimate of drug-likeness (QED) is 0.630. The molecule has 0 aromatic heterocycles. The number of hydrogen-bond donors (Lipinski definition) is 2. The van der Waals surface area contributed by atoms with Crippen molar-refractivity contribution < 1.29 is 4.79 Å². The van der Waals surface area contributed by atoms with Gasteiger partial charge in [-0.2, -0.15) is 0 Å². The van der Waals surface area contributed by atoms with E-state index in [1.54, 1.807) is 0 Å². The molecule has 0 saturated carbocycles. The average molecular weight is 259 g/mol. The molecular weight excluding hydrogens is 238 g/mol. The highest BCUT2D eigenvalue weighted by atomic mass is 16.1. The molecule has 1 amide bonds. The Balaban J connectivity index is 1.79. The first-order valence-corrected chi connectivity index (χ1v) is 6.80. The van der Waals surface area contributed by atoms with Gasteiger partial charge >= 0.3 is 0 Å². The smallest absolute Gasteiger partial charge is 0.223 e. The summed E-state index contributed by atoms with van der Waals surface area (Å²) in [6, 6.07) is 10.5. The summed E-state index contributed by atoms with van der Waals surface area (Å²) in [7, 11) is 0. The summed E-state index contributed by atoms with van der Waals surface area (Å²) in [6.07, 6.45) is 3.27. The number of guanidine groups is 1. The highest BCUT2D eigenvalue weighted by molar-refractivity contribution is 5.94. The standard InChI is InChI=1S/C15H21N3O/c1-12(19)17-15(16)18-9-7-14(8-10-18)11-13-5-3-2-4-6-13/h2-6,14H,7-11H2,1H3,(H2,16,17,19). The molecular formula is C15H21N3O. The summed E-state index contributed by atoms with van der Waals surface area (Å²) < 4.78 is 0. The van der Waals surface area contributed by atoms with Crippen molar-refractivity contribution in [3.63, 3.8) is 0 Å². The molecule has 2 N–H and O–H groups in total. The highest BCUT2D eigenvalue weighted by Crippen LogP contribution is 2.21. The fourth-order valence-electron chi connectivity index (χ4n) is 2.55. The normalized spacial score (nSPS) is 16.2. The summed E-state index contributed by atoms with van der Waals surface area (Å²) in [4.78, 5) is 12.9. The molecule has 0 radical (unpaired) electrons. The van der Waals surface area contributed by atoms with Gasteiger partial charge in [-0.1, -0.05) is 30.3 Å². The second-order valence-corrected chi connectivity index (χ2v) is 5.15. The van der Waals surface area contributed by atoms with E-state index in [2.05, 4.69) is 29.6 Å². The second-order valence-electron chi connectivity index (χ2n) is 5.15. The van der Waals surface area contributed by atoms with E-state index in [0.29, 0.717) is 5.92 Å². The van der Waals surface area contributed by atoms with Gasteiger partial charge in [-0.15, -0.1) is 0 Å². The Bertz CT molecular complexity index is 436. The first-order chi connectivity index (χ1) is 9.15. The van der Waals surface area contributed by atoms with Gasteiger partial charge in [0, 0.05) is 20.0 Å². The zero-order valence-electron chi connectivity index (χ0n) is 11.4. The number of likely N-dealkylation sites (tertiary alicyclic amines) is 1. The van der Waals surface area contributed by atoms with Crippen LogP contribution in [0.15, 0.2) is 30.3 Å². The number of amides is 1. The van der Waals surface area contributed by atoms with Gasteiger partial charge in [-0.3, -0.25) is 15.5 Å². The number of carbonyl (C=O) groups excluding carboxylic acids is 1. The van der Waals surface area contributed by atoms with E-state index in [9.17, 15) is 4.79 Å². The molecule has 0 atom stereocenters. The Morgan fingerprint density at radius 3 is 2.53 bits per heavy atom. The van der Waals surface area contributed by atoms with Gasteiger partial charge < -0.3 is 4.90 Å². The second kappa shape index (κ2) is 6.36. The number of rotatable bonds is 2. The van der Waals surface area contributed by atoms with Crippen LogP contribution in [0.4, 0.5) is 0 Å². The lowest BCUT2D eigenvalue weighted by molar-refractivity contribution is -0.117. The van der Waals surface area contributed by atoms with Crippen molar-refractivity contribution >= 4 is 11.9 Å². The minimum atomic E-state index is -0.170. The van der Waals surface area contributed by atoms with Crippen LogP contribution >= 0.6 is 0 Å². The molecule has 19 heavy (non-hydrogen) atoms. The topological polar surface area (TPSA) is 56.2 Å². The Morgan fingerprint density at radius 2 is 1.95 bits per heavy atom. The number of benzene rings is 1. The third kappa shape index (κ3) is 4.09. The molecule has 1 aliphatic rings. The van der Waals surface area contributed by atoms with Crippen LogP contribution in [0.3, 0.4) is 0 Å². The molecule has 4 nitrogen and oxygen atoms in total. The van der Waals surface area contributed by atoms with Crippen LogP contribution in [0.2, 0.25) is 0 Å². The Labute approximate surface area is 114 Å². The van der Waals surface area contributed by atoms with E-state index < -0.39 is 0 Å². The van der Waals surface area contributed by atoms with Gasteiger partial charge in [-0.05, 0) is 30.7 Å². The van der Waals surface area contributed by atoms with E-state index >= 15 is 0 Å². The predicted octanol–water partition coefficient (Wildman–Crippen LogP) is 2.01. The predicted molar refractivity (Wildman–Crippen MR) is 76.0 cm³/mol. The lowest BCUT2D eigenvalue weighted by Gasteiger charge is -2.33. The van der Waals surface area contributed by atoms with E-state index in [1.807, 2.05) is 11.0 Å². The third-order valence-corrected chi connectivity index (χ3v) is 3.59. The first kappa shape index (κ1) is 13.6. The van der Waals surface area contributed by atoms with Crippen LogP contribution < -0.4 is 5.32 Å². The van der Waals surface area contributed by atoms with E-state index in [0.717, 1.165) is 32.4 Å². The van der Waals surface area contributed by atoms with Crippen LogP contribution in [0.5, 0.6) is 0 Å². The van der Waals surface area contributed by atoms with Crippen LogP contribution in [0.1, 0.15) is 25.3 Å². The van der Waals surface area contributed by atoms with Crippen molar-refractivity contribution in [2.75, 3.05) is 13.1 Å². The van der Waals surface area contributed by atoms with Crippen LogP contribution in [-0.2, 0) is 11.2 Å². The molecule has 0 aliphatic carbocycles. The monoisotopic (exact) mass is 259 g/mol. The number of piperidine rings is 1. The maximum absolute atomic E-state index is 10.9. The van der Waals surface area contributed by atoms with Crippen molar-refractivity contribution in [2.45, 2.75) is 26.2 Å². The van der Waals surface area contributed by atoms with Crippen LogP contribution in [-0.4, -0.2) is 29.9 Å². The van der Waals surface area contributed by atoms with Crippen molar-refractivity contribution in [1.29, 1.82) is 5.41 Å². The lowest BCUT2D eigenvalue weighted by atomic mass is 9.90. The molecule has 4 heteroatoms.